The summed E-state index contributed by atoms with van der Waals surface area (Å²) in [6.45, 7) is 7.83. The third kappa shape index (κ3) is 1.13. The van der Waals surface area contributed by atoms with E-state index in [0.717, 1.165) is 28.3 Å². The standard InChI is InChI=1S/C11H12N2O/c1-6-5-9-7(2)11(12-4)14-10(9)8(3)13-6/h5H,2H2,1,3-4H3/b12-11+. The van der Waals surface area contributed by atoms with Crippen LogP contribution in [0.5, 0.6) is 5.75 Å². The lowest BCUT2D eigenvalue weighted by Crippen LogP contribution is -2.01. The molecule has 3 nitrogen and oxygen atoms in total. The maximum atomic E-state index is 5.54. The maximum Gasteiger partial charge on any atom is 0.221 e. The van der Waals surface area contributed by atoms with Gasteiger partial charge in [0.05, 0.1) is 5.69 Å². The molecule has 0 saturated carbocycles. The van der Waals surface area contributed by atoms with Crippen molar-refractivity contribution in [1.29, 1.82) is 0 Å². The Labute approximate surface area is 83.2 Å². The van der Waals surface area contributed by atoms with E-state index in [1.165, 1.54) is 0 Å². The number of hydrogen-bond donors (Lipinski definition) is 0. The van der Waals surface area contributed by atoms with Crippen LogP contribution in [-0.2, 0) is 0 Å². The largest absolute Gasteiger partial charge is 0.436 e. The van der Waals surface area contributed by atoms with Crippen LogP contribution in [0, 0.1) is 13.8 Å². The molecule has 1 aliphatic heterocycles. The molecule has 72 valence electrons. The summed E-state index contributed by atoms with van der Waals surface area (Å²) < 4.78 is 5.54. The van der Waals surface area contributed by atoms with Gasteiger partial charge in [0, 0.05) is 23.9 Å². The summed E-state index contributed by atoms with van der Waals surface area (Å²) in [5.74, 6) is 1.39. The molecule has 3 heteroatoms. The van der Waals surface area contributed by atoms with Gasteiger partial charge in [-0.15, -0.1) is 0 Å². The molecule has 0 aliphatic carbocycles. The first kappa shape index (κ1) is 8.94. The van der Waals surface area contributed by atoms with E-state index in [2.05, 4.69) is 16.6 Å². The van der Waals surface area contributed by atoms with Crippen molar-refractivity contribution in [3.05, 3.63) is 29.6 Å². The molecular formula is C11H12N2O. The van der Waals surface area contributed by atoms with Crippen LogP contribution in [0.25, 0.3) is 5.57 Å². The minimum absolute atomic E-state index is 0.593. The van der Waals surface area contributed by atoms with Gasteiger partial charge in [-0.25, -0.2) is 0 Å². The molecule has 2 rings (SSSR count). The number of hydrogen-bond acceptors (Lipinski definition) is 3. The van der Waals surface area contributed by atoms with E-state index >= 15 is 0 Å². The Bertz CT molecular complexity index is 447. The Hall–Kier alpha value is -1.64. The highest BCUT2D eigenvalue weighted by Gasteiger charge is 2.25. The van der Waals surface area contributed by atoms with Crippen molar-refractivity contribution in [3.63, 3.8) is 0 Å². The second-order valence-corrected chi connectivity index (χ2v) is 3.34. The Morgan fingerprint density at radius 3 is 2.79 bits per heavy atom. The fourth-order valence-electron chi connectivity index (χ4n) is 1.62. The number of ether oxygens (including phenoxy) is 1. The molecule has 1 aromatic rings. The minimum Gasteiger partial charge on any atom is -0.436 e. The molecule has 0 bridgehead atoms. The van der Waals surface area contributed by atoms with Crippen molar-refractivity contribution in [2.45, 2.75) is 13.8 Å². The summed E-state index contributed by atoms with van der Waals surface area (Å²) in [6.07, 6.45) is 0. The van der Waals surface area contributed by atoms with Crippen molar-refractivity contribution in [3.8, 4) is 5.75 Å². The first-order valence-electron chi connectivity index (χ1n) is 4.46. The van der Waals surface area contributed by atoms with Crippen molar-refractivity contribution < 1.29 is 4.74 Å². The highest BCUT2D eigenvalue weighted by molar-refractivity contribution is 6.23. The van der Waals surface area contributed by atoms with Gasteiger partial charge in [-0.2, -0.15) is 0 Å². The number of aryl methyl sites for hydroxylation is 2. The van der Waals surface area contributed by atoms with Gasteiger partial charge < -0.3 is 4.74 Å². The summed E-state index contributed by atoms with van der Waals surface area (Å²) in [5, 5.41) is 0. The van der Waals surface area contributed by atoms with Gasteiger partial charge in [0.2, 0.25) is 5.90 Å². The van der Waals surface area contributed by atoms with E-state index < -0.39 is 0 Å². The molecule has 0 unspecified atom stereocenters. The average Bonchev–Trinajstić information content (AvgIpc) is 2.44. The summed E-state index contributed by atoms with van der Waals surface area (Å²) in [5.41, 5.74) is 3.72. The number of aliphatic imine (C=N–C) groups is 1. The van der Waals surface area contributed by atoms with Gasteiger partial charge in [0.1, 0.15) is 0 Å². The van der Waals surface area contributed by atoms with E-state index in [9.17, 15) is 0 Å². The SMILES string of the molecule is C=C1/C(=N\C)Oc2c1cc(C)nc2C. The molecule has 0 fully saturated rings. The molecule has 0 radical (unpaired) electrons. The summed E-state index contributed by atoms with van der Waals surface area (Å²) in [4.78, 5) is 8.35. The van der Waals surface area contributed by atoms with Crippen molar-refractivity contribution in [1.82, 2.24) is 4.98 Å². The highest BCUT2D eigenvalue weighted by Crippen LogP contribution is 2.35. The molecule has 1 aliphatic rings. The molecule has 14 heavy (non-hydrogen) atoms. The van der Waals surface area contributed by atoms with Crippen LogP contribution >= 0.6 is 0 Å². The normalized spacial score (nSPS) is 17.1. The van der Waals surface area contributed by atoms with Crippen molar-refractivity contribution in [2.24, 2.45) is 4.99 Å². The Morgan fingerprint density at radius 2 is 2.14 bits per heavy atom. The number of fused-ring (bicyclic) bond motifs is 1. The van der Waals surface area contributed by atoms with E-state index in [4.69, 9.17) is 4.74 Å². The molecule has 0 N–H and O–H groups in total. The van der Waals surface area contributed by atoms with E-state index in [1.807, 2.05) is 19.9 Å². The second kappa shape index (κ2) is 2.94. The zero-order chi connectivity index (χ0) is 10.3. The summed E-state index contributed by atoms with van der Waals surface area (Å²) in [6, 6.07) is 1.98. The van der Waals surface area contributed by atoms with Gasteiger partial charge >= 0.3 is 0 Å². The predicted octanol–water partition coefficient (Wildman–Crippen LogP) is 2.13. The van der Waals surface area contributed by atoms with Gasteiger partial charge in [-0.05, 0) is 19.9 Å². The Kier molecular flexibility index (Phi) is 1.88. The number of nitrogens with zero attached hydrogens (tertiary/aromatic N) is 2. The molecule has 0 aromatic carbocycles. The first-order chi connectivity index (χ1) is 6.63. The Morgan fingerprint density at radius 1 is 1.43 bits per heavy atom. The molecule has 2 heterocycles. The van der Waals surface area contributed by atoms with Crippen LogP contribution in [0.3, 0.4) is 0 Å². The molecule has 1 aromatic heterocycles. The van der Waals surface area contributed by atoms with Crippen LogP contribution < -0.4 is 4.74 Å². The molecular weight excluding hydrogens is 176 g/mol. The molecule has 0 atom stereocenters. The van der Waals surface area contributed by atoms with Gasteiger partial charge in [0.15, 0.2) is 5.75 Å². The maximum absolute atomic E-state index is 5.54. The van der Waals surface area contributed by atoms with Crippen LogP contribution in [0.1, 0.15) is 17.0 Å². The minimum atomic E-state index is 0.593. The smallest absolute Gasteiger partial charge is 0.221 e. The molecule has 0 saturated heterocycles. The topological polar surface area (TPSA) is 34.5 Å². The number of pyridine rings is 1. The van der Waals surface area contributed by atoms with E-state index in [0.29, 0.717) is 5.90 Å². The van der Waals surface area contributed by atoms with Crippen LogP contribution in [0.4, 0.5) is 0 Å². The lowest BCUT2D eigenvalue weighted by atomic mass is 10.1. The Balaban J connectivity index is 2.65. The molecule has 0 amide bonds. The molecule has 0 spiro atoms. The fourth-order valence-corrected chi connectivity index (χ4v) is 1.62. The van der Waals surface area contributed by atoms with Crippen molar-refractivity contribution in [2.75, 3.05) is 7.05 Å². The number of rotatable bonds is 0. The third-order valence-electron chi connectivity index (χ3n) is 2.26. The highest BCUT2D eigenvalue weighted by atomic mass is 16.5. The monoisotopic (exact) mass is 188 g/mol. The lowest BCUT2D eigenvalue weighted by molar-refractivity contribution is 0.560. The summed E-state index contributed by atoms with van der Waals surface area (Å²) in [7, 11) is 1.70. The van der Waals surface area contributed by atoms with Crippen LogP contribution in [0.2, 0.25) is 0 Å². The average molecular weight is 188 g/mol. The quantitative estimate of drug-likeness (QED) is 0.625. The van der Waals surface area contributed by atoms with Crippen molar-refractivity contribution >= 4 is 11.5 Å². The van der Waals surface area contributed by atoms with E-state index in [1.54, 1.807) is 7.05 Å². The second-order valence-electron chi connectivity index (χ2n) is 3.34. The van der Waals surface area contributed by atoms with Gasteiger partial charge in [0.25, 0.3) is 0 Å². The van der Waals surface area contributed by atoms with Crippen LogP contribution in [-0.4, -0.2) is 17.9 Å². The predicted molar refractivity (Wildman–Crippen MR) is 56.7 cm³/mol. The van der Waals surface area contributed by atoms with Gasteiger partial charge in [-0.3, -0.25) is 9.98 Å². The third-order valence-corrected chi connectivity index (χ3v) is 2.26. The zero-order valence-electron chi connectivity index (χ0n) is 8.59. The van der Waals surface area contributed by atoms with E-state index in [-0.39, 0.29) is 0 Å². The first-order valence-corrected chi connectivity index (χ1v) is 4.46. The van der Waals surface area contributed by atoms with Crippen LogP contribution in [0.15, 0.2) is 17.6 Å². The fraction of sp³-hybridized carbons (Fsp3) is 0.273. The van der Waals surface area contributed by atoms with Gasteiger partial charge in [-0.1, -0.05) is 6.58 Å². The number of aromatic nitrogens is 1. The summed E-state index contributed by atoms with van der Waals surface area (Å²) >= 11 is 0. The zero-order valence-corrected chi connectivity index (χ0v) is 8.59. The lowest BCUT2D eigenvalue weighted by Gasteiger charge is -2.02.